The second-order valence-electron chi connectivity index (χ2n) is 5.42. The van der Waals surface area contributed by atoms with Gasteiger partial charge < -0.3 is 14.9 Å². The fourth-order valence-electron chi connectivity index (χ4n) is 2.02. The molecule has 1 aromatic carbocycles. The largest absolute Gasteiger partial charge is 0.395 e. The normalized spacial score (nSPS) is 15.9. The lowest BCUT2D eigenvalue weighted by Crippen LogP contribution is -2.40. The molecule has 18 heavy (non-hydrogen) atoms. The van der Waals surface area contributed by atoms with Crippen molar-refractivity contribution in [3.63, 3.8) is 0 Å². The number of hydrogen-bond donors (Lipinski definition) is 2. The Morgan fingerprint density at radius 3 is 2.28 bits per heavy atom. The average molecular weight is 250 g/mol. The van der Waals surface area contributed by atoms with Gasteiger partial charge in [0.1, 0.15) is 0 Å². The number of rotatable bonds is 7. The third-order valence-electron chi connectivity index (χ3n) is 3.70. The number of aryl methyl sites for hydroxylation is 1. The summed E-state index contributed by atoms with van der Waals surface area (Å²) in [7, 11) is 0. The van der Waals surface area contributed by atoms with Gasteiger partial charge in [-0.25, -0.2) is 0 Å². The molecule has 100 valence electrons. The molecule has 0 heterocycles. The average Bonchev–Trinajstić information content (AvgIpc) is 3.20. The third kappa shape index (κ3) is 3.10. The fraction of sp³-hybridized carbons (Fsp3) is 0.600. The Balaban J connectivity index is 2.05. The molecule has 0 radical (unpaired) electrons. The minimum Gasteiger partial charge on any atom is -0.395 e. The molecule has 0 amide bonds. The van der Waals surface area contributed by atoms with Gasteiger partial charge >= 0.3 is 0 Å². The molecular formula is C15H22O3. The summed E-state index contributed by atoms with van der Waals surface area (Å²) >= 11 is 0. The molecule has 2 N–H and O–H groups in total. The second kappa shape index (κ2) is 5.83. The van der Waals surface area contributed by atoms with Crippen molar-refractivity contribution in [3.05, 3.63) is 35.4 Å². The Morgan fingerprint density at radius 2 is 1.78 bits per heavy atom. The second-order valence-corrected chi connectivity index (χ2v) is 5.42. The van der Waals surface area contributed by atoms with Crippen molar-refractivity contribution in [1.29, 1.82) is 0 Å². The highest BCUT2D eigenvalue weighted by atomic mass is 16.5. The van der Waals surface area contributed by atoms with E-state index in [1.165, 1.54) is 18.4 Å². The maximum atomic E-state index is 9.64. The van der Waals surface area contributed by atoms with Crippen molar-refractivity contribution in [2.45, 2.75) is 25.2 Å². The lowest BCUT2D eigenvalue weighted by atomic mass is 9.82. The van der Waals surface area contributed by atoms with E-state index in [2.05, 4.69) is 0 Å². The predicted molar refractivity (Wildman–Crippen MR) is 70.6 cm³/mol. The smallest absolute Gasteiger partial charge is 0.0648 e. The van der Waals surface area contributed by atoms with Crippen LogP contribution in [0.1, 0.15) is 24.0 Å². The Hall–Kier alpha value is -0.900. The Labute approximate surface area is 108 Å². The maximum Gasteiger partial charge on any atom is 0.0648 e. The lowest BCUT2D eigenvalue weighted by molar-refractivity contribution is 0.0164. The molecule has 3 heteroatoms. The Bertz CT molecular complexity index is 364. The van der Waals surface area contributed by atoms with Gasteiger partial charge in [0.25, 0.3) is 0 Å². The molecule has 1 aromatic rings. The summed E-state index contributed by atoms with van der Waals surface area (Å²) in [6.07, 6.45) is 2.49. The molecule has 1 fully saturated rings. The molecule has 0 spiro atoms. The van der Waals surface area contributed by atoms with E-state index < -0.39 is 5.41 Å². The van der Waals surface area contributed by atoms with Gasteiger partial charge in [-0.15, -0.1) is 0 Å². The van der Waals surface area contributed by atoms with E-state index in [4.69, 9.17) is 4.74 Å². The molecule has 0 bridgehead atoms. The van der Waals surface area contributed by atoms with Gasteiger partial charge in [0.15, 0.2) is 0 Å². The van der Waals surface area contributed by atoms with Crippen molar-refractivity contribution in [3.8, 4) is 0 Å². The zero-order chi connectivity index (χ0) is 13.0. The first-order valence-corrected chi connectivity index (χ1v) is 6.57. The summed E-state index contributed by atoms with van der Waals surface area (Å²) in [6.45, 7) is 2.94. The molecule has 0 saturated heterocycles. The highest BCUT2D eigenvalue weighted by molar-refractivity contribution is 5.29. The van der Waals surface area contributed by atoms with Crippen molar-refractivity contribution in [2.24, 2.45) is 5.92 Å². The van der Waals surface area contributed by atoms with E-state index in [-0.39, 0.29) is 13.2 Å². The Morgan fingerprint density at radius 1 is 1.17 bits per heavy atom. The van der Waals surface area contributed by atoms with Gasteiger partial charge in [0, 0.05) is 6.61 Å². The van der Waals surface area contributed by atoms with Gasteiger partial charge in [0.05, 0.1) is 25.2 Å². The molecule has 2 rings (SSSR count). The quantitative estimate of drug-likeness (QED) is 0.773. The maximum absolute atomic E-state index is 9.64. The summed E-state index contributed by atoms with van der Waals surface area (Å²) in [5.74, 6) is 0.693. The molecule has 0 aliphatic heterocycles. The minimum absolute atomic E-state index is 0.1000. The molecule has 1 aliphatic rings. The lowest BCUT2D eigenvalue weighted by Gasteiger charge is -2.30. The van der Waals surface area contributed by atoms with Crippen LogP contribution in [0.25, 0.3) is 0 Å². The van der Waals surface area contributed by atoms with Gasteiger partial charge in [-0.1, -0.05) is 29.8 Å². The van der Waals surface area contributed by atoms with Crippen LogP contribution in [0.15, 0.2) is 24.3 Å². The summed E-state index contributed by atoms with van der Waals surface area (Å²) in [4.78, 5) is 0. The minimum atomic E-state index is -0.678. The summed E-state index contributed by atoms with van der Waals surface area (Å²) < 4.78 is 5.67. The van der Waals surface area contributed by atoms with E-state index in [0.717, 1.165) is 12.2 Å². The number of aliphatic hydroxyl groups excluding tert-OH is 2. The summed E-state index contributed by atoms with van der Waals surface area (Å²) in [5, 5.41) is 19.3. The molecule has 1 aliphatic carbocycles. The van der Waals surface area contributed by atoms with E-state index in [0.29, 0.717) is 12.5 Å². The van der Waals surface area contributed by atoms with Crippen molar-refractivity contribution < 1.29 is 14.9 Å². The van der Waals surface area contributed by atoms with Crippen LogP contribution in [0, 0.1) is 12.8 Å². The molecule has 0 aromatic heterocycles. The van der Waals surface area contributed by atoms with Gasteiger partial charge in [-0.05, 0) is 31.2 Å². The molecule has 0 atom stereocenters. The number of benzene rings is 1. The summed E-state index contributed by atoms with van der Waals surface area (Å²) in [6, 6.07) is 7.91. The summed E-state index contributed by atoms with van der Waals surface area (Å²) in [5.41, 5.74) is 1.43. The van der Waals surface area contributed by atoms with Crippen molar-refractivity contribution in [1.82, 2.24) is 0 Å². The van der Waals surface area contributed by atoms with Crippen LogP contribution in [-0.4, -0.2) is 36.6 Å². The highest BCUT2D eigenvalue weighted by Crippen LogP contribution is 2.30. The standard InChI is InChI=1S/C15H22O3/c1-12-2-6-14(7-3-12)15(9-16,10-17)11-18-8-13-4-5-13/h2-3,6-7,13,16-17H,4-5,8-11H2,1H3. The zero-order valence-electron chi connectivity index (χ0n) is 10.9. The number of ether oxygens (including phenoxy) is 1. The van der Waals surface area contributed by atoms with Crippen LogP contribution in [0.4, 0.5) is 0 Å². The molecule has 3 nitrogen and oxygen atoms in total. The molecule has 0 unspecified atom stereocenters. The Kier molecular flexibility index (Phi) is 4.38. The fourth-order valence-corrected chi connectivity index (χ4v) is 2.02. The number of hydrogen-bond acceptors (Lipinski definition) is 3. The first-order chi connectivity index (χ1) is 8.70. The zero-order valence-corrected chi connectivity index (χ0v) is 10.9. The van der Waals surface area contributed by atoms with E-state index in [9.17, 15) is 10.2 Å². The van der Waals surface area contributed by atoms with E-state index >= 15 is 0 Å². The van der Waals surface area contributed by atoms with Crippen LogP contribution in [0.3, 0.4) is 0 Å². The van der Waals surface area contributed by atoms with Gasteiger partial charge in [-0.2, -0.15) is 0 Å². The topological polar surface area (TPSA) is 49.7 Å². The van der Waals surface area contributed by atoms with Crippen LogP contribution in [-0.2, 0) is 10.2 Å². The van der Waals surface area contributed by atoms with Crippen LogP contribution in [0.2, 0.25) is 0 Å². The molecule has 1 saturated carbocycles. The van der Waals surface area contributed by atoms with E-state index in [1.807, 2.05) is 31.2 Å². The van der Waals surface area contributed by atoms with Gasteiger partial charge in [0.2, 0.25) is 0 Å². The van der Waals surface area contributed by atoms with Crippen molar-refractivity contribution in [2.75, 3.05) is 26.4 Å². The van der Waals surface area contributed by atoms with Gasteiger partial charge in [-0.3, -0.25) is 0 Å². The first-order valence-electron chi connectivity index (χ1n) is 6.57. The predicted octanol–water partition coefficient (Wildman–Crippen LogP) is 1.64. The highest BCUT2D eigenvalue weighted by Gasteiger charge is 2.32. The van der Waals surface area contributed by atoms with Crippen LogP contribution in [0.5, 0.6) is 0 Å². The monoisotopic (exact) mass is 250 g/mol. The molecular weight excluding hydrogens is 228 g/mol. The SMILES string of the molecule is Cc1ccc(C(CO)(CO)COCC2CC2)cc1. The van der Waals surface area contributed by atoms with Crippen molar-refractivity contribution >= 4 is 0 Å². The van der Waals surface area contributed by atoms with Crippen LogP contribution >= 0.6 is 0 Å². The number of aliphatic hydroxyl groups is 2. The van der Waals surface area contributed by atoms with E-state index in [1.54, 1.807) is 0 Å². The third-order valence-corrected chi connectivity index (χ3v) is 3.70. The van der Waals surface area contributed by atoms with Crippen LogP contribution < -0.4 is 0 Å². The first kappa shape index (κ1) is 13.5.